The molecule has 6 nitrogen and oxygen atoms in total. The first-order valence-electron chi connectivity index (χ1n) is 8.24. The van der Waals surface area contributed by atoms with E-state index < -0.39 is 12.0 Å². The maximum Gasteiger partial charge on any atom is 0.345 e. The number of rotatable bonds is 5. The first-order valence-corrected chi connectivity index (χ1v) is 9.06. The van der Waals surface area contributed by atoms with Gasteiger partial charge in [-0.05, 0) is 17.2 Å². The largest absolute Gasteiger partial charge is 0.467 e. The van der Waals surface area contributed by atoms with Crippen LogP contribution in [0.3, 0.4) is 0 Å². The summed E-state index contributed by atoms with van der Waals surface area (Å²) < 4.78 is 4.94. The number of thiophene rings is 1. The van der Waals surface area contributed by atoms with E-state index in [1.807, 2.05) is 36.4 Å². The summed E-state index contributed by atoms with van der Waals surface area (Å²) in [4.78, 5) is 34.4. The van der Waals surface area contributed by atoms with E-state index >= 15 is 0 Å². The van der Waals surface area contributed by atoms with Crippen molar-refractivity contribution in [1.82, 2.24) is 9.96 Å². The van der Waals surface area contributed by atoms with Gasteiger partial charge in [-0.1, -0.05) is 43.0 Å². The third-order valence-corrected chi connectivity index (χ3v) is 5.85. The number of nitrogens with zero attached hydrogens (tertiary/aromatic N) is 2. The summed E-state index contributed by atoms with van der Waals surface area (Å²) in [5, 5.41) is 1.38. The summed E-state index contributed by atoms with van der Waals surface area (Å²) in [5.74, 6) is -0.444. The normalized spacial score (nSPS) is 20.9. The lowest BCUT2D eigenvalue weighted by Gasteiger charge is -2.28. The summed E-state index contributed by atoms with van der Waals surface area (Å²) in [6.07, 6.45) is 1.75. The van der Waals surface area contributed by atoms with Crippen LogP contribution in [0, 0.1) is 0 Å². The first-order chi connectivity index (χ1) is 12.6. The van der Waals surface area contributed by atoms with Gasteiger partial charge < -0.3 is 9.64 Å². The molecule has 1 saturated heterocycles. The van der Waals surface area contributed by atoms with Crippen molar-refractivity contribution < 1.29 is 19.2 Å². The molecule has 1 aromatic heterocycles. The van der Waals surface area contributed by atoms with Crippen LogP contribution in [0.5, 0.6) is 0 Å². The molecule has 2 aliphatic rings. The Kier molecular flexibility index (Phi) is 4.26. The fourth-order valence-corrected chi connectivity index (χ4v) is 4.58. The molecule has 0 radical (unpaired) electrons. The van der Waals surface area contributed by atoms with Gasteiger partial charge in [0.25, 0.3) is 0 Å². The summed E-state index contributed by atoms with van der Waals surface area (Å²) >= 11 is 1.46. The SMILES string of the molecule is C=Cc1cc2c(s1)C(C(=O)OC)N1C[C@H]2N(OCc2ccccc2)C1=O. The number of methoxy groups -OCH3 is 1. The van der Waals surface area contributed by atoms with E-state index in [1.54, 1.807) is 6.08 Å². The van der Waals surface area contributed by atoms with Crippen LogP contribution in [0.4, 0.5) is 4.79 Å². The number of amides is 2. The predicted molar refractivity (Wildman–Crippen MR) is 97.1 cm³/mol. The van der Waals surface area contributed by atoms with Gasteiger partial charge in [0, 0.05) is 9.75 Å². The molecule has 1 aromatic carbocycles. The van der Waals surface area contributed by atoms with Gasteiger partial charge in [0.2, 0.25) is 0 Å². The van der Waals surface area contributed by atoms with Crippen molar-refractivity contribution in [2.45, 2.75) is 18.7 Å². The molecule has 7 heteroatoms. The lowest BCUT2D eigenvalue weighted by molar-refractivity contribution is -0.146. The second-order valence-electron chi connectivity index (χ2n) is 6.13. The van der Waals surface area contributed by atoms with Gasteiger partial charge in [-0.3, -0.25) is 4.84 Å². The molecule has 3 heterocycles. The quantitative estimate of drug-likeness (QED) is 0.756. The van der Waals surface area contributed by atoms with Crippen LogP contribution in [0.2, 0.25) is 0 Å². The van der Waals surface area contributed by atoms with Gasteiger partial charge in [0.1, 0.15) is 12.6 Å². The number of fused-ring (bicyclic) bond motifs is 4. The molecule has 2 bridgehead atoms. The van der Waals surface area contributed by atoms with Gasteiger partial charge in [-0.25, -0.2) is 9.59 Å². The average Bonchev–Trinajstić information content (AvgIpc) is 3.22. The predicted octanol–water partition coefficient (Wildman–Crippen LogP) is 3.53. The van der Waals surface area contributed by atoms with Crippen LogP contribution in [0.15, 0.2) is 43.0 Å². The molecule has 0 spiro atoms. The Hall–Kier alpha value is -2.64. The number of ether oxygens (including phenoxy) is 1. The van der Waals surface area contributed by atoms with Crippen LogP contribution in [0.25, 0.3) is 6.08 Å². The number of hydrogen-bond donors (Lipinski definition) is 0. The van der Waals surface area contributed by atoms with Crippen molar-refractivity contribution in [2.24, 2.45) is 0 Å². The van der Waals surface area contributed by atoms with E-state index in [1.165, 1.54) is 28.4 Å². The van der Waals surface area contributed by atoms with Crippen LogP contribution < -0.4 is 0 Å². The third kappa shape index (κ3) is 2.60. The molecule has 26 heavy (non-hydrogen) atoms. The highest BCUT2D eigenvalue weighted by Crippen LogP contribution is 2.48. The number of urea groups is 1. The molecule has 1 fully saturated rings. The summed E-state index contributed by atoms with van der Waals surface area (Å²) in [6, 6.07) is 10.3. The first kappa shape index (κ1) is 16.8. The molecule has 4 rings (SSSR count). The maximum absolute atomic E-state index is 12.9. The number of benzene rings is 1. The fourth-order valence-electron chi connectivity index (χ4n) is 3.40. The molecule has 1 unspecified atom stereocenters. The minimum atomic E-state index is -0.734. The number of hydroxylamine groups is 2. The topological polar surface area (TPSA) is 59.1 Å². The zero-order chi connectivity index (χ0) is 18.3. The van der Waals surface area contributed by atoms with Gasteiger partial charge in [-0.2, -0.15) is 5.06 Å². The second-order valence-corrected chi connectivity index (χ2v) is 7.25. The van der Waals surface area contributed by atoms with Gasteiger partial charge in [0.15, 0.2) is 6.04 Å². The highest BCUT2D eigenvalue weighted by Gasteiger charge is 2.52. The molecule has 2 atom stereocenters. The lowest BCUT2D eigenvalue weighted by Crippen LogP contribution is -2.38. The minimum Gasteiger partial charge on any atom is -0.467 e. The second kappa shape index (κ2) is 6.59. The molecule has 0 N–H and O–H groups in total. The Balaban J connectivity index is 1.67. The van der Waals surface area contributed by atoms with E-state index in [0.29, 0.717) is 6.54 Å². The van der Waals surface area contributed by atoms with Gasteiger partial charge in [0.05, 0.1) is 13.7 Å². The summed E-state index contributed by atoms with van der Waals surface area (Å²) in [5.41, 5.74) is 1.90. The van der Waals surface area contributed by atoms with E-state index in [4.69, 9.17) is 9.57 Å². The van der Waals surface area contributed by atoms with Crippen LogP contribution in [0.1, 0.15) is 33.0 Å². The fraction of sp³-hybridized carbons (Fsp3) is 0.263. The Morgan fingerprint density at radius 1 is 1.38 bits per heavy atom. The Labute approximate surface area is 155 Å². The van der Waals surface area contributed by atoms with Gasteiger partial charge >= 0.3 is 12.0 Å². The molecule has 0 aliphatic carbocycles. The molecule has 2 aromatic rings. The number of hydrogen-bond acceptors (Lipinski definition) is 5. The monoisotopic (exact) mass is 370 g/mol. The van der Waals surface area contributed by atoms with E-state index in [9.17, 15) is 9.59 Å². The molecule has 2 amide bonds. The minimum absolute atomic E-state index is 0.243. The average molecular weight is 370 g/mol. The Morgan fingerprint density at radius 3 is 2.85 bits per heavy atom. The van der Waals surface area contributed by atoms with Crippen LogP contribution in [-0.2, 0) is 21.0 Å². The number of carbonyl (C=O) groups is 2. The van der Waals surface area contributed by atoms with Crippen molar-refractivity contribution in [3.8, 4) is 0 Å². The zero-order valence-electron chi connectivity index (χ0n) is 14.3. The van der Waals surface area contributed by atoms with Crippen LogP contribution >= 0.6 is 11.3 Å². The maximum atomic E-state index is 12.9. The van der Waals surface area contributed by atoms with Crippen molar-refractivity contribution in [1.29, 1.82) is 0 Å². The highest BCUT2D eigenvalue weighted by atomic mass is 32.1. The summed E-state index contributed by atoms with van der Waals surface area (Å²) in [7, 11) is 1.33. The van der Waals surface area contributed by atoms with Crippen molar-refractivity contribution >= 4 is 29.4 Å². The van der Waals surface area contributed by atoms with Crippen LogP contribution in [-0.4, -0.2) is 35.6 Å². The lowest BCUT2D eigenvalue weighted by atomic mass is 9.99. The van der Waals surface area contributed by atoms with Crippen molar-refractivity contribution in [3.05, 3.63) is 63.9 Å². The third-order valence-electron chi connectivity index (χ3n) is 4.65. The zero-order valence-corrected chi connectivity index (χ0v) is 15.1. The Morgan fingerprint density at radius 2 is 2.15 bits per heavy atom. The Bertz CT molecular complexity index is 864. The van der Waals surface area contributed by atoms with Gasteiger partial charge in [-0.15, -0.1) is 11.3 Å². The smallest absolute Gasteiger partial charge is 0.345 e. The van der Waals surface area contributed by atoms with Crippen molar-refractivity contribution in [3.63, 3.8) is 0 Å². The number of esters is 1. The van der Waals surface area contributed by atoms with E-state index in [-0.39, 0.29) is 18.7 Å². The molecular formula is C19H18N2O4S. The van der Waals surface area contributed by atoms with E-state index in [2.05, 4.69) is 6.58 Å². The molecule has 2 aliphatic heterocycles. The van der Waals surface area contributed by atoms with E-state index in [0.717, 1.165) is 20.9 Å². The molecule has 134 valence electrons. The highest BCUT2D eigenvalue weighted by molar-refractivity contribution is 7.13. The molecule has 0 saturated carbocycles. The molecular weight excluding hydrogens is 352 g/mol. The standard InChI is InChI=1S/C19H18N2O4S/c1-3-13-9-14-15-10-20(16(17(14)26-13)18(22)24-2)19(23)21(15)25-11-12-7-5-4-6-8-12/h3-9,15-16H,1,10-11H2,2H3/t15-,16?/m1/s1. The number of carbonyl (C=O) groups excluding carboxylic acids is 2. The summed E-state index contributed by atoms with van der Waals surface area (Å²) in [6.45, 7) is 4.49. The van der Waals surface area contributed by atoms with Crippen molar-refractivity contribution in [2.75, 3.05) is 13.7 Å².